The zero-order valence-corrected chi connectivity index (χ0v) is 11.4. The van der Waals surface area contributed by atoms with Crippen LogP contribution in [0.1, 0.15) is 54.9 Å². The van der Waals surface area contributed by atoms with Crippen LogP contribution >= 0.6 is 0 Å². The summed E-state index contributed by atoms with van der Waals surface area (Å²) in [6, 6.07) is 0. The zero-order valence-electron chi connectivity index (χ0n) is 11.4. The highest BCUT2D eigenvalue weighted by Crippen LogP contribution is 2.42. The number of ether oxygens (including phenoxy) is 1. The lowest BCUT2D eigenvalue weighted by Crippen LogP contribution is -2.41. The summed E-state index contributed by atoms with van der Waals surface area (Å²) in [4.78, 5) is 0. The summed E-state index contributed by atoms with van der Waals surface area (Å²) in [5.74, 6) is 0.401. The monoisotopic (exact) mass is 216 g/mol. The molecule has 1 N–H and O–H groups in total. The molecule has 0 amide bonds. The number of rotatable bonds is 5. The quantitative estimate of drug-likeness (QED) is 0.713. The van der Waals surface area contributed by atoms with Crippen LogP contribution in [-0.4, -0.2) is 18.0 Å². The first-order valence-corrected chi connectivity index (χ1v) is 5.93. The molecule has 0 aliphatic rings. The Morgan fingerprint density at radius 2 is 1.60 bits per heavy atom. The summed E-state index contributed by atoms with van der Waals surface area (Å²) in [5, 5.41) is 10.1. The molecule has 2 unspecified atom stereocenters. The van der Waals surface area contributed by atoms with Gasteiger partial charge in [-0.15, -0.1) is 0 Å². The Balaban J connectivity index is 4.74. The van der Waals surface area contributed by atoms with Crippen LogP contribution in [-0.2, 0) is 4.74 Å². The van der Waals surface area contributed by atoms with Crippen molar-refractivity contribution in [2.24, 2.45) is 16.7 Å². The van der Waals surface area contributed by atoms with Gasteiger partial charge in [0.25, 0.3) is 0 Å². The molecule has 0 aliphatic carbocycles. The van der Waals surface area contributed by atoms with Crippen LogP contribution in [0, 0.1) is 16.7 Å². The van der Waals surface area contributed by atoms with Gasteiger partial charge in [-0.1, -0.05) is 41.5 Å². The lowest BCUT2D eigenvalue weighted by molar-refractivity contribution is -0.191. The lowest BCUT2D eigenvalue weighted by atomic mass is 9.68. The van der Waals surface area contributed by atoms with Gasteiger partial charge in [0.1, 0.15) is 0 Å². The van der Waals surface area contributed by atoms with E-state index in [0.717, 1.165) is 6.42 Å². The number of hydrogen-bond donors (Lipinski definition) is 1. The topological polar surface area (TPSA) is 29.5 Å². The van der Waals surface area contributed by atoms with Crippen LogP contribution in [0.15, 0.2) is 0 Å². The number of aliphatic hydroxyl groups excluding tert-OH is 1. The van der Waals surface area contributed by atoms with E-state index >= 15 is 0 Å². The predicted octanol–water partition coefficient (Wildman–Crippen LogP) is 3.44. The van der Waals surface area contributed by atoms with Crippen molar-refractivity contribution < 1.29 is 9.84 Å². The van der Waals surface area contributed by atoms with Crippen molar-refractivity contribution in [1.29, 1.82) is 0 Å². The van der Waals surface area contributed by atoms with Gasteiger partial charge in [-0.25, -0.2) is 0 Å². The molecule has 0 saturated carbocycles. The van der Waals surface area contributed by atoms with Crippen LogP contribution in [0.2, 0.25) is 0 Å². The fourth-order valence-corrected chi connectivity index (χ4v) is 2.07. The minimum atomic E-state index is -0.665. The summed E-state index contributed by atoms with van der Waals surface area (Å²) < 4.78 is 5.37. The van der Waals surface area contributed by atoms with Crippen molar-refractivity contribution in [3.05, 3.63) is 0 Å². The van der Waals surface area contributed by atoms with Gasteiger partial charge in [0.2, 0.25) is 0 Å². The molecule has 0 heterocycles. The van der Waals surface area contributed by atoms with Gasteiger partial charge in [-0.3, -0.25) is 0 Å². The van der Waals surface area contributed by atoms with Crippen molar-refractivity contribution in [3.63, 3.8) is 0 Å². The van der Waals surface area contributed by atoms with Gasteiger partial charge in [0.05, 0.1) is 0 Å². The second kappa shape index (κ2) is 5.31. The normalized spacial score (nSPS) is 19.0. The van der Waals surface area contributed by atoms with E-state index in [0.29, 0.717) is 12.5 Å². The molecule has 0 fully saturated rings. The van der Waals surface area contributed by atoms with E-state index < -0.39 is 6.29 Å². The molecule has 2 atom stereocenters. The summed E-state index contributed by atoms with van der Waals surface area (Å²) in [6.45, 7) is 15.5. The van der Waals surface area contributed by atoms with Crippen molar-refractivity contribution in [1.82, 2.24) is 0 Å². The van der Waals surface area contributed by atoms with E-state index in [2.05, 4.69) is 41.5 Å². The average molecular weight is 216 g/mol. The molecule has 15 heavy (non-hydrogen) atoms. The first-order chi connectivity index (χ1) is 6.63. The summed E-state index contributed by atoms with van der Waals surface area (Å²) in [7, 11) is 0. The molecule has 0 spiro atoms. The Kier molecular flexibility index (Phi) is 5.28. The molecule has 0 aromatic rings. The molecule has 92 valence electrons. The van der Waals surface area contributed by atoms with Gasteiger partial charge in [-0.2, -0.15) is 0 Å². The molecule has 0 aliphatic heterocycles. The highest BCUT2D eigenvalue weighted by atomic mass is 16.6. The van der Waals surface area contributed by atoms with Crippen molar-refractivity contribution >= 4 is 0 Å². The molecular weight excluding hydrogens is 188 g/mol. The fourth-order valence-electron chi connectivity index (χ4n) is 2.07. The highest BCUT2D eigenvalue weighted by molar-refractivity contribution is 4.85. The number of hydrogen-bond acceptors (Lipinski definition) is 2. The fraction of sp³-hybridized carbons (Fsp3) is 1.00. The molecule has 0 aromatic carbocycles. The highest BCUT2D eigenvalue weighted by Gasteiger charge is 2.39. The Morgan fingerprint density at radius 3 is 1.87 bits per heavy atom. The zero-order chi connectivity index (χ0) is 12.3. The first-order valence-electron chi connectivity index (χ1n) is 5.93. The van der Waals surface area contributed by atoms with E-state index in [1.54, 1.807) is 0 Å². The molecule has 0 rings (SSSR count). The van der Waals surface area contributed by atoms with E-state index in [9.17, 15) is 5.11 Å². The Labute approximate surface area is 95.0 Å². The van der Waals surface area contributed by atoms with Crippen LogP contribution in [0.3, 0.4) is 0 Å². The number of aliphatic hydroxyl groups is 1. The maximum atomic E-state index is 10.1. The minimum absolute atomic E-state index is 0.172. The Bertz CT molecular complexity index is 181. The van der Waals surface area contributed by atoms with Crippen molar-refractivity contribution in [3.8, 4) is 0 Å². The molecule has 0 bridgehead atoms. The molecule has 2 heteroatoms. The van der Waals surface area contributed by atoms with Crippen molar-refractivity contribution in [2.45, 2.75) is 61.2 Å². The Morgan fingerprint density at radius 1 is 1.13 bits per heavy atom. The third kappa shape index (κ3) is 4.52. The molecule has 2 nitrogen and oxygen atoms in total. The predicted molar refractivity (Wildman–Crippen MR) is 64.6 cm³/mol. The SMILES string of the molecule is CCOC(O)C(C)(CC(C)(C)C)C(C)C. The van der Waals surface area contributed by atoms with Gasteiger partial charge in [-0.05, 0) is 24.7 Å². The van der Waals surface area contributed by atoms with Crippen LogP contribution < -0.4 is 0 Å². The largest absolute Gasteiger partial charge is 0.367 e. The van der Waals surface area contributed by atoms with E-state index in [1.807, 2.05) is 6.92 Å². The van der Waals surface area contributed by atoms with Crippen LogP contribution in [0.5, 0.6) is 0 Å². The maximum Gasteiger partial charge on any atom is 0.160 e. The van der Waals surface area contributed by atoms with E-state index in [4.69, 9.17) is 4.74 Å². The second-order valence-electron chi connectivity index (χ2n) is 6.21. The average Bonchev–Trinajstić information content (AvgIpc) is 2.01. The maximum absolute atomic E-state index is 10.1. The van der Waals surface area contributed by atoms with Crippen LogP contribution in [0.4, 0.5) is 0 Å². The van der Waals surface area contributed by atoms with Gasteiger partial charge < -0.3 is 9.84 Å². The Hall–Kier alpha value is -0.0800. The molecule has 0 aromatic heterocycles. The third-order valence-electron chi connectivity index (χ3n) is 3.12. The van der Waals surface area contributed by atoms with Gasteiger partial charge in [0.15, 0.2) is 6.29 Å². The minimum Gasteiger partial charge on any atom is -0.367 e. The third-order valence-corrected chi connectivity index (χ3v) is 3.12. The van der Waals surface area contributed by atoms with Crippen LogP contribution in [0.25, 0.3) is 0 Å². The lowest BCUT2D eigenvalue weighted by Gasteiger charge is -2.42. The second-order valence-corrected chi connectivity index (χ2v) is 6.21. The first kappa shape index (κ1) is 14.9. The van der Waals surface area contributed by atoms with E-state index in [1.165, 1.54) is 0 Å². The van der Waals surface area contributed by atoms with Gasteiger partial charge >= 0.3 is 0 Å². The molecular formula is C13H28O2. The smallest absolute Gasteiger partial charge is 0.160 e. The molecule has 0 radical (unpaired) electrons. The molecule has 0 saturated heterocycles. The summed E-state index contributed by atoms with van der Waals surface area (Å²) in [6.07, 6.45) is 0.292. The summed E-state index contributed by atoms with van der Waals surface area (Å²) >= 11 is 0. The van der Waals surface area contributed by atoms with E-state index in [-0.39, 0.29) is 10.8 Å². The van der Waals surface area contributed by atoms with Crippen molar-refractivity contribution in [2.75, 3.05) is 6.61 Å². The van der Waals surface area contributed by atoms with Gasteiger partial charge in [0, 0.05) is 12.0 Å². The summed E-state index contributed by atoms with van der Waals surface area (Å²) in [5.41, 5.74) is 0.0331. The standard InChI is InChI=1S/C13H28O2/c1-8-15-11(14)13(7,10(2)3)9-12(4,5)6/h10-11,14H,8-9H2,1-7H3.